The smallest absolute Gasteiger partial charge is 0.271 e. The fraction of sp³-hybridized carbons (Fsp3) is 0.0667. The summed E-state index contributed by atoms with van der Waals surface area (Å²) in [6.45, 7) is 0.142. The Bertz CT molecular complexity index is 744. The van der Waals surface area contributed by atoms with Crippen LogP contribution in [0.15, 0.2) is 41.5 Å². The molecule has 3 rings (SSSR count). The lowest BCUT2D eigenvalue weighted by atomic mass is 10.2. The predicted octanol–water partition coefficient (Wildman–Crippen LogP) is 2.41. The van der Waals surface area contributed by atoms with Crippen LogP contribution in [0.1, 0.15) is 15.9 Å². The minimum Gasteiger partial charge on any atom is -0.454 e. The molecule has 0 fully saturated rings. The molecule has 3 N–H and O–H groups in total. The molecule has 112 valence electrons. The molecule has 1 amide bonds. The van der Waals surface area contributed by atoms with E-state index in [1.54, 1.807) is 36.4 Å². The highest BCUT2D eigenvalue weighted by Crippen LogP contribution is 2.39. The van der Waals surface area contributed by atoms with Gasteiger partial charge in [0.15, 0.2) is 11.5 Å². The maximum atomic E-state index is 11.9. The Kier molecular flexibility index (Phi) is 3.84. The molecule has 0 radical (unpaired) electrons. The fourth-order valence-corrected chi connectivity index (χ4v) is 2.20. The number of hydrogen-bond donors (Lipinski definition) is 2. The third-order valence-corrected chi connectivity index (χ3v) is 3.28. The number of nitrogens with one attached hydrogen (secondary N) is 1. The number of nitrogens with two attached hydrogens (primary N) is 1. The highest BCUT2D eigenvalue weighted by molar-refractivity contribution is 6.32. The third kappa shape index (κ3) is 2.96. The number of hydrogen-bond acceptors (Lipinski definition) is 5. The van der Waals surface area contributed by atoms with Gasteiger partial charge in [0.25, 0.3) is 5.91 Å². The van der Waals surface area contributed by atoms with E-state index in [1.807, 2.05) is 0 Å². The molecule has 0 saturated heterocycles. The molecule has 0 spiro atoms. The molecule has 0 bridgehead atoms. The summed E-state index contributed by atoms with van der Waals surface area (Å²) in [5.41, 5.74) is 9.74. The van der Waals surface area contributed by atoms with Gasteiger partial charge in [-0.1, -0.05) is 11.6 Å². The Morgan fingerprint density at radius 2 is 2.05 bits per heavy atom. The SMILES string of the molecule is Nc1ccc(C(=O)N/N=C\c2cc(Cl)c3c(c2)OCO3)cc1. The first-order valence-electron chi connectivity index (χ1n) is 6.41. The summed E-state index contributed by atoms with van der Waals surface area (Å²) in [7, 11) is 0. The van der Waals surface area contributed by atoms with Gasteiger partial charge in [0.2, 0.25) is 6.79 Å². The molecule has 1 aliphatic heterocycles. The number of hydrazone groups is 1. The first kappa shape index (κ1) is 14.2. The molecular weight excluding hydrogens is 306 g/mol. The topological polar surface area (TPSA) is 85.9 Å². The highest BCUT2D eigenvalue weighted by atomic mass is 35.5. The van der Waals surface area contributed by atoms with Crippen LogP contribution in [0.5, 0.6) is 11.5 Å². The lowest BCUT2D eigenvalue weighted by Crippen LogP contribution is -2.17. The number of carbonyl (C=O) groups is 1. The van der Waals surface area contributed by atoms with Crippen molar-refractivity contribution in [3.63, 3.8) is 0 Å². The molecule has 6 nitrogen and oxygen atoms in total. The van der Waals surface area contributed by atoms with Crippen molar-refractivity contribution in [2.75, 3.05) is 12.5 Å². The van der Waals surface area contributed by atoms with Gasteiger partial charge < -0.3 is 15.2 Å². The van der Waals surface area contributed by atoms with Crippen molar-refractivity contribution in [2.45, 2.75) is 0 Å². The summed E-state index contributed by atoms with van der Waals surface area (Å²) in [5, 5.41) is 4.33. The second-order valence-corrected chi connectivity index (χ2v) is 4.96. The predicted molar refractivity (Wildman–Crippen MR) is 83.5 cm³/mol. The maximum absolute atomic E-state index is 11.9. The van der Waals surface area contributed by atoms with Crippen LogP contribution in [0.2, 0.25) is 5.02 Å². The quantitative estimate of drug-likeness (QED) is 0.517. The number of rotatable bonds is 3. The normalized spacial score (nSPS) is 12.6. The van der Waals surface area contributed by atoms with Gasteiger partial charge >= 0.3 is 0 Å². The average molecular weight is 318 g/mol. The van der Waals surface area contributed by atoms with Crippen LogP contribution < -0.4 is 20.6 Å². The van der Waals surface area contributed by atoms with Crippen LogP contribution >= 0.6 is 11.6 Å². The van der Waals surface area contributed by atoms with Crippen LogP contribution in [0, 0.1) is 0 Å². The van der Waals surface area contributed by atoms with Crippen LogP contribution in [-0.4, -0.2) is 18.9 Å². The van der Waals surface area contributed by atoms with Crippen molar-refractivity contribution in [2.24, 2.45) is 5.10 Å². The standard InChI is InChI=1S/C15H12ClN3O3/c16-12-5-9(6-13-14(12)22-8-21-13)7-18-19-15(20)10-1-3-11(17)4-2-10/h1-7H,8,17H2,(H,19,20)/b18-7-. The Morgan fingerprint density at radius 3 is 2.82 bits per heavy atom. The number of amides is 1. The van der Waals surface area contributed by atoms with E-state index < -0.39 is 0 Å². The summed E-state index contributed by atoms with van der Waals surface area (Å²) >= 11 is 6.06. The van der Waals surface area contributed by atoms with E-state index in [0.29, 0.717) is 33.3 Å². The molecule has 0 atom stereocenters. The van der Waals surface area contributed by atoms with Gasteiger partial charge in [-0.05, 0) is 42.0 Å². The number of ether oxygens (including phenoxy) is 2. The van der Waals surface area contributed by atoms with E-state index in [4.69, 9.17) is 26.8 Å². The van der Waals surface area contributed by atoms with Crippen molar-refractivity contribution in [3.8, 4) is 11.5 Å². The number of nitrogen functional groups attached to an aromatic ring is 1. The molecule has 0 saturated carbocycles. The van der Waals surface area contributed by atoms with E-state index in [2.05, 4.69) is 10.5 Å². The fourth-order valence-electron chi connectivity index (χ4n) is 1.93. The monoisotopic (exact) mass is 317 g/mol. The summed E-state index contributed by atoms with van der Waals surface area (Å²) in [6, 6.07) is 9.95. The number of fused-ring (bicyclic) bond motifs is 1. The molecule has 7 heteroatoms. The lowest BCUT2D eigenvalue weighted by Gasteiger charge is -2.02. The Morgan fingerprint density at radius 1 is 1.27 bits per heavy atom. The minimum atomic E-state index is -0.330. The first-order chi connectivity index (χ1) is 10.6. The molecule has 2 aromatic rings. The van der Waals surface area contributed by atoms with Gasteiger partial charge in [-0.15, -0.1) is 0 Å². The van der Waals surface area contributed by atoms with Gasteiger partial charge in [0.05, 0.1) is 11.2 Å². The second-order valence-electron chi connectivity index (χ2n) is 4.56. The maximum Gasteiger partial charge on any atom is 0.271 e. The molecule has 0 aromatic heterocycles. The Hall–Kier alpha value is -2.73. The lowest BCUT2D eigenvalue weighted by molar-refractivity contribution is 0.0955. The number of halogens is 1. The minimum absolute atomic E-state index is 0.142. The largest absolute Gasteiger partial charge is 0.454 e. The molecular formula is C15H12ClN3O3. The zero-order chi connectivity index (χ0) is 15.5. The van der Waals surface area contributed by atoms with E-state index in [1.165, 1.54) is 6.21 Å². The molecule has 2 aromatic carbocycles. The first-order valence-corrected chi connectivity index (χ1v) is 6.79. The zero-order valence-electron chi connectivity index (χ0n) is 11.4. The number of anilines is 1. The summed E-state index contributed by atoms with van der Waals surface area (Å²) in [6.07, 6.45) is 1.48. The van der Waals surface area contributed by atoms with Crippen molar-refractivity contribution >= 4 is 29.4 Å². The molecule has 0 unspecified atom stereocenters. The molecule has 22 heavy (non-hydrogen) atoms. The number of nitrogens with zero attached hydrogens (tertiary/aromatic N) is 1. The molecule has 0 aliphatic carbocycles. The third-order valence-electron chi connectivity index (χ3n) is 3.00. The Balaban J connectivity index is 1.68. The van der Waals surface area contributed by atoms with E-state index in [9.17, 15) is 4.79 Å². The molecule has 1 aliphatic rings. The summed E-state index contributed by atoms with van der Waals surface area (Å²) in [4.78, 5) is 11.9. The van der Waals surface area contributed by atoms with Crippen molar-refractivity contribution < 1.29 is 14.3 Å². The van der Waals surface area contributed by atoms with Gasteiger partial charge in [-0.2, -0.15) is 5.10 Å². The second kappa shape index (κ2) is 5.95. The van der Waals surface area contributed by atoms with Gasteiger partial charge in [0.1, 0.15) is 0 Å². The zero-order valence-corrected chi connectivity index (χ0v) is 12.1. The Labute approximate surface area is 131 Å². The van der Waals surface area contributed by atoms with Gasteiger partial charge in [-0.3, -0.25) is 4.79 Å². The summed E-state index contributed by atoms with van der Waals surface area (Å²) in [5.74, 6) is 0.742. The highest BCUT2D eigenvalue weighted by Gasteiger charge is 2.17. The van der Waals surface area contributed by atoms with Crippen LogP contribution in [0.25, 0.3) is 0 Å². The van der Waals surface area contributed by atoms with Crippen molar-refractivity contribution in [1.29, 1.82) is 0 Å². The van der Waals surface area contributed by atoms with E-state index >= 15 is 0 Å². The van der Waals surface area contributed by atoms with Crippen LogP contribution in [0.3, 0.4) is 0 Å². The van der Waals surface area contributed by atoms with Crippen molar-refractivity contribution in [3.05, 3.63) is 52.5 Å². The van der Waals surface area contributed by atoms with E-state index in [0.717, 1.165) is 0 Å². The average Bonchev–Trinajstić information content (AvgIpc) is 2.97. The van der Waals surface area contributed by atoms with E-state index in [-0.39, 0.29) is 12.7 Å². The van der Waals surface area contributed by atoms with Crippen molar-refractivity contribution in [1.82, 2.24) is 5.43 Å². The summed E-state index contributed by atoms with van der Waals surface area (Å²) < 4.78 is 10.5. The van der Waals surface area contributed by atoms with Gasteiger partial charge in [0, 0.05) is 11.3 Å². The van der Waals surface area contributed by atoms with Crippen LogP contribution in [0.4, 0.5) is 5.69 Å². The van der Waals surface area contributed by atoms with Gasteiger partial charge in [-0.25, -0.2) is 5.43 Å². The van der Waals surface area contributed by atoms with Crippen LogP contribution in [-0.2, 0) is 0 Å². The number of carbonyl (C=O) groups excluding carboxylic acids is 1. The molecule has 1 heterocycles. The number of benzene rings is 2.